The molecule has 1 nitrogen and oxygen atoms in total. The van der Waals surface area contributed by atoms with Crippen LogP contribution in [0.15, 0.2) is 58.3 Å². The molecule has 0 bridgehead atoms. The van der Waals surface area contributed by atoms with E-state index in [1.807, 2.05) is 18.2 Å². The van der Waals surface area contributed by atoms with Crippen molar-refractivity contribution in [3.8, 4) is 0 Å². The van der Waals surface area contributed by atoms with Crippen molar-refractivity contribution in [3.63, 3.8) is 0 Å². The number of benzene rings is 2. The molecule has 0 aliphatic carbocycles. The standard InChI is InChI=1S/C17H20ClNS/c1-13(2)11-19-12-14-8-9-17(16(18)10-14)20-15-6-4-3-5-7-15/h3-10,13,19H,11-12H2,1-2H3. The maximum absolute atomic E-state index is 6.37. The quantitative estimate of drug-likeness (QED) is 0.783. The van der Waals surface area contributed by atoms with Crippen molar-refractivity contribution in [2.75, 3.05) is 6.54 Å². The molecule has 0 amide bonds. The second-order valence-electron chi connectivity index (χ2n) is 5.20. The fraction of sp³-hybridized carbons (Fsp3) is 0.294. The zero-order chi connectivity index (χ0) is 14.4. The molecule has 3 heteroatoms. The Morgan fingerprint density at radius 2 is 1.85 bits per heavy atom. The highest BCUT2D eigenvalue weighted by Crippen LogP contribution is 2.33. The van der Waals surface area contributed by atoms with Crippen molar-refractivity contribution >= 4 is 23.4 Å². The average molecular weight is 306 g/mol. The highest BCUT2D eigenvalue weighted by atomic mass is 35.5. The first-order valence-corrected chi connectivity index (χ1v) is 8.06. The molecule has 0 aliphatic rings. The Hall–Kier alpha value is -0.960. The van der Waals surface area contributed by atoms with E-state index in [1.165, 1.54) is 10.5 Å². The van der Waals surface area contributed by atoms with E-state index < -0.39 is 0 Å². The largest absolute Gasteiger partial charge is 0.312 e. The van der Waals surface area contributed by atoms with E-state index in [1.54, 1.807) is 11.8 Å². The van der Waals surface area contributed by atoms with Crippen molar-refractivity contribution in [2.24, 2.45) is 5.92 Å². The SMILES string of the molecule is CC(C)CNCc1ccc(Sc2ccccc2)c(Cl)c1. The molecule has 0 saturated carbocycles. The lowest BCUT2D eigenvalue weighted by atomic mass is 10.2. The van der Waals surface area contributed by atoms with Gasteiger partial charge in [0.25, 0.3) is 0 Å². The molecule has 1 N–H and O–H groups in total. The Morgan fingerprint density at radius 3 is 2.50 bits per heavy atom. The van der Waals surface area contributed by atoms with Crippen LogP contribution >= 0.6 is 23.4 Å². The maximum Gasteiger partial charge on any atom is 0.0548 e. The van der Waals surface area contributed by atoms with Crippen LogP contribution in [0.3, 0.4) is 0 Å². The molecule has 0 saturated heterocycles. The average Bonchev–Trinajstić information content (AvgIpc) is 2.42. The smallest absolute Gasteiger partial charge is 0.0548 e. The molecule has 0 aromatic heterocycles. The van der Waals surface area contributed by atoms with Gasteiger partial charge in [-0.1, -0.05) is 61.5 Å². The molecule has 0 spiro atoms. The van der Waals surface area contributed by atoms with Gasteiger partial charge in [-0.15, -0.1) is 0 Å². The lowest BCUT2D eigenvalue weighted by molar-refractivity contribution is 0.552. The van der Waals surface area contributed by atoms with Gasteiger partial charge in [0, 0.05) is 16.3 Å². The Bertz CT molecular complexity index is 540. The normalized spacial score (nSPS) is 11.0. The first-order valence-electron chi connectivity index (χ1n) is 6.87. The van der Waals surface area contributed by atoms with Gasteiger partial charge in [0.05, 0.1) is 5.02 Å². The van der Waals surface area contributed by atoms with E-state index in [0.717, 1.165) is 23.0 Å². The molecule has 2 aromatic carbocycles. The second-order valence-corrected chi connectivity index (χ2v) is 6.73. The van der Waals surface area contributed by atoms with Crippen LogP contribution in [0.4, 0.5) is 0 Å². The lowest BCUT2D eigenvalue weighted by Crippen LogP contribution is -2.18. The monoisotopic (exact) mass is 305 g/mol. The van der Waals surface area contributed by atoms with Crippen LogP contribution in [0.1, 0.15) is 19.4 Å². The topological polar surface area (TPSA) is 12.0 Å². The summed E-state index contributed by atoms with van der Waals surface area (Å²) in [6, 6.07) is 16.6. The van der Waals surface area contributed by atoms with Gasteiger partial charge in [-0.2, -0.15) is 0 Å². The summed E-state index contributed by atoms with van der Waals surface area (Å²) in [5.74, 6) is 0.665. The zero-order valence-electron chi connectivity index (χ0n) is 11.9. The van der Waals surface area contributed by atoms with Crippen molar-refractivity contribution in [1.82, 2.24) is 5.32 Å². The van der Waals surface area contributed by atoms with Crippen molar-refractivity contribution < 1.29 is 0 Å². The first kappa shape index (κ1) is 15.4. The molecule has 0 atom stereocenters. The molecule has 0 unspecified atom stereocenters. The van der Waals surface area contributed by atoms with E-state index in [2.05, 4.69) is 49.5 Å². The number of nitrogens with one attached hydrogen (secondary N) is 1. The van der Waals surface area contributed by atoms with Gasteiger partial charge in [-0.05, 0) is 42.3 Å². The third-order valence-electron chi connectivity index (χ3n) is 2.85. The number of hydrogen-bond donors (Lipinski definition) is 1. The second kappa shape index (κ2) is 7.72. The third kappa shape index (κ3) is 4.86. The Kier molecular flexibility index (Phi) is 5.96. The molecule has 0 aliphatic heterocycles. The van der Waals surface area contributed by atoms with Gasteiger partial charge in [0.1, 0.15) is 0 Å². The third-order valence-corrected chi connectivity index (χ3v) is 4.36. The van der Waals surface area contributed by atoms with E-state index >= 15 is 0 Å². The zero-order valence-corrected chi connectivity index (χ0v) is 13.5. The molecule has 2 rings (SSSR count). The molecule has 2 aromatic rings. The molecule has 0 fully saturated rings. The van der Waals surface area contributed by atoms with Gasteiger partial charge in [-0.25, -0.2) is 0 Å². The fourth-order valence-corrected chi connectivity index (χ4v) is 3.02. The van der Waals surface area contributed by atoms with Crippen LogP contribution in [0.2, 0.25) is 5.02 Å². The van der Waals surface area contributed by atoms with Crippen LogP contribution in [0.25, 0.3) is 0 Å². The predicted octanol–water partition coefficient (Wildman–Crippen LogP) is 5.24. The number of hydrogen-bond acceptors (Lipinski definition) is 2. The fourth-order valence-electron chi connectivity index (χ4n) is 1.86. The summed E-state index contributed by atoms with van der Waals surface area (Å²) in [5, 5.41) is 4.25. The molecule has 20 heavy (non-hydrogen) atoms. The van der Waals surface area contributed by atoms with E-state index in [-0.39, 0.29) is 0 Å². The summed E-state index contributed by atoms with van der Waals surface area (Å²) in [6.07, 6.45) is 0. The van der Waals surface area contributed by atoms with Crippen LogP contribution in [0, 0.1) is 5.92 Å². The summed E-state index contributed by atoms with van der Waals surface area (Å²) < 4.78 is 0. The van der Waals surface area contributed by atoms with Crippen LogP contribution in [0.5, 0.6) is 0 Å². The summed E-state index contributed by atoms with van der Waals surface area (Å²) in [7, 11) is 0. The van der Waals surface area contributed by atoms with Gasteiger partial charge < -0.3 is 5.32 Å². The Morgan fingerprint density at radius 1 is 1.10 bits per heavy atom. The molecule has 106 valence electrons. The molecular weight excluding hydrogens is 286 g/mol. The maximum atomic E-state index is 6.37. The lowest BCUT2D eigenvalue weighted by Gasteiger charge is -2.09. The Labute approximate surface area is 130 Å². The number of rotatable bonds is 6. The predicted molar refractivity (Wildman–Crippen MR) is 88.6 cm³/mol. The minimum atomic E-state index is 0.665. The highest BCUT2D eigenvalue weighted by molar-refractivity contribution is 7.99. The van der Waals surface area contributed by atoms with E-state index in [4.69, 9.17) is 11.6 Å². The summed E-state index contributed by atoms with van der Waals surface area (Å²) >= 11 is 8.07. The van der Waals surface area contributed by atoms with Crippen LogP contribution in [-0.4, -0.2) is 6.54 Å². The van der Waals surface area contributed by atoms with Gasteiger partial charge >= 0.3 is 0 Å². The molecule has 0 heterocycles. The molecule has 0 radical (unpaired) electrons. The van der Waals surface area contributed by atoms with Crippen LogP contribution in [-0.2, 0) is 6.54 Å². The summed E-state index contributed by atoms with van der Waals surface area (Å²) in [4.78, 5) is 2.31. The summed E-state index contributed by atoms with van der Waals surface area (Å²) in [6.45, 7) is 6.31. The van der Waals surface area contributed by atoms with Gasteiger partial charge in [0.2, 0.25) is 0 Å². The van der Waals surface area contributed by atoms with Crippen molar-refractivity contribution in [3.05, 3.63) is 59.1 Å². The van der Waals surface area contributed by atoms with E-state index in [0.29, 0.717) is 5.92 Å². The Balaban J connectivity index is 1.99. The van der Waals surface area contributed by atoms with E-state index in [9.17, 15) is 0 Å². The molecular formula is C17H20ClNS. The number of halogens is 1. The minimum Gasteiger partial charge on any atom is -0.312 e. The van der Waals surface area contributed by atoms with Crippen molar-refractivity contribution in [2.45, 2.75) is 30.2 Å². The van der Waals surface area contributed by atoms with Gasteiger partial charge in [0.15, 0.2) is 0 Å². The highest BCUT2D eigenvalue weighted by Gasteiger charge is 2.04. The minimum absolute atomic E-state index is 0.665. The van der Waals surface area contributed by atoms with Crippen LogP contribution < -0.4 is 5.32 Å². The summed E-state index contributed by atoms with van der Waals surface area (Å²) in [5.41, 5.74) is 1.23. The van der Waals surface area contributed by atoms with Crippen molar-refractivity contribution in [1.29, 1.82) is 0 Å². The first-order chi connectivity index (χ1) is 9.65. The van der Waals surface area contributed by atoms with Gasteiger partial charge in [-0.3, -0.25) is 0 Å².